The van der Waals surface area contributed by atoms with Crippen LogP contribution in [-0.4, -0.2) is 31.7 Å². The molecule has 2 bridgehead atoms. The van der Waals surface area contributed by atoms with Gasteiger partial charge in [-0.05, 0) is 25.2 Å². The van der Waals surface area contributed by atoms with Crippen molar-refractivity contribution in [1.29, 1.82) is 0 Å². The number of carbonyl (C=O) groups excluding carboxylic acids is 1. The Bertz CT molecular complexity index is 843. The monoisotopic (exact) mass is 339 g/mol. The molecule has 0 aliphatic heterocycles. The van der Waals surface area contributed by atoms with Crippen molar-refractivity contribution in [3.63, 3.8) is 0 Å². The zero-order chi connectivity index (χ0) is 17.6. The Morgan fingerprint density at radius 1 is 1.32 bits per heavy atom. The van der Waals surface area contributed by atoms with Gasteiger partial charge in [-0.1, -0.05) is 12.2 Å². The van der Waals surface area contributed by atoms with Gasteiger partial charge in [-0.3, -0.25) is 9.48 Å². The van der Waals surface area contributed by atoms with E-state index in [0.717, 1.165) is 23.5 Å². The molecule has 0 saturated heterocycles. The van der Waals surface area contributed by atoms with Crippen LogP contribution in [0.15, 0.2) is 30.7 Å². The van der Waals surface area contributed by atoms with Crippen LogP contribution in [0.3, 0.4) is 0 Å². The molecular formula is C17H21N7O. The number of rotatable bonds is 5. The van der Waals surface area contributed by atoms with Gasteiger partial charge >= 0.3 is 0 Å². The minimum atomic E-state index is -0.255. The van der Waals surface area contributed by atoms with Gasteiger partial charge in [0.15, 0.2) is 0 Å². The second-order valence-corrected chi connectivity index (χ2v) is 6.80. The maximum Gasteiger partial charge on any atom is 0.229 e. The lowest BCUT2D eigenvalue weighted by atomic mass is 9.88. The van der Waals surface area contributed by atoms with Gasteiger partial charge in [-0.2, -0.15) is 10.1 Å². The van der Waals surface area contributed by atoms with Crippen molar-refractivity contribution in [2.24, 2.45) is 30.5 Å². The molecule has 4 rings (SSSR count). The molecule has 0 unspecified atom stereocenters. The van der Waals surface area contributed by atoms with Gasteiger partial charge in [-0.25, -0.2) is 4.98 Å². The molecule has 25 heavy (non-hydrogen) atoms. The van der Waals surface area contributed by atoms with Crippen LogP contribution >= 0.6 is 0 Å². The number of amides is 1. The van der Waals surface area contributed by atoms with Crippen molar-refractivity contribution in [1.82, 2.24) is 19.7 Å². The molecule has 2 aromatic heterocycles. The van der Waals surface area contributed by atoms with Crippen LogP contribution in [0.1, 0.15) is 12.0 Å². The standard InChI is InChI=1S/C17H21N7O/c1-9-6-19-17(21-12-7-20-24(2)8-12)23-16(9)22-14-11-4-3-10(5-11)13(14)15(18)25/h3-4,6-8,10-11,13-14H,5H2,1-2H3,(H2,18,25)(H2,19,21,22,23)/t10-,11+,13+,14-/m0/s1. The van der Waals surface area contributed by atoms with Gasteiger partial charge in [0, 0.05) is 31.0 Å². The van der Waals surface area contributed by atoms with Gasteiger partial charge in [0.05, 0.1) is 17.8 Å². The third kappa shape index (κ3) is 2.84. The zero-order valence-corrected chi connectivity index (χ0v) is 14.2. The average Bonchev–Trinajstić information content (AvgIpc) is 3.26. The first-order valence-electron chi connectivity index (χ1n) is 8.35. The molecule has 1 amide bonds. The van der Waals surface area contributed by atoms with Crippen LogP contribution in [0, 0.1) is 24.7 Å². The molecule has 130 valence electrons. The number of nitrogens with one attached hydrogen (secondary N) is 2. The predicted molar refractivity (Wildman–Crippen MR) is 94.1 cm³/mol. The summed E-state index contributed by atoms with van der Waals surface area (Å²) in [6, 6.07) is -0.0210. The van der Waals surface area contributed by atoms with Gasteiger partial charge < -0.3 is 16.4 Å². The SMILES string of the molecule is Cc1cnc(Nc2cnn(C)c2)nc1N[C@@H]1[C@H](C(N)=O)[C@H]2C=C[C@@H]1C2. The molecule has 2 heterocycles. The maximum absolute atomic E-state index is 11.9. The van der Waals surface area contributed by atoms with Crippen molar-refractivity contribution < 1.29 is 4.79 Å². The molecule has 4 N–H and O–H groups in total. The lowest BCUT2D eigenvalue weighted by molar-refractivity contribution is -0.122. The third-order valence-electron chi connectivity index (χ3n) is 5.02. The lowest BCUT2D eigenvalue weighted by Crippen LogP contribution is -2.41. The molecule has 2 aliphatic rings. The summed E-state index contributed by atoms with van der Waals surface area (Å²) in [6.45, 7) is 1.94. The molecular weight excluding hydrogens is 318 g/mol. The summed E-state index contributed by atoms with van der Waals surface area (Å²) in [4.78, 5) is 20.8. The number of hydrogen-bond donors (Lipinski definition) is 3. The van der Waals surface area contributed by atoms with Crippen molar-refractivity contribution in [3.05, 3.63) is 36.3 Å². The summed E-state index contributed by atoms with van der Waals surface area (Å²) >= 11 is 0. The second-order valence-electron chi connectivity index (χ2n) is 6.80. The maximum atomic E-state index is 11.9. The van der Waals surface area contributed by atoms with E-state index in [1.54, 1.807) is 17.1 Å². The summed E-state index contributed by atoms with van der Waals surface area (Å²) < 4.78 is 1.70. The first-order valence-corrected chi connectivity index (χ1v) is 8.35. The minimum Gasteiger partial charge on any atom is -0.369 e. The molecule has 2 aliphatic carbocycles. The molecule has 1 saturated carbocycles. The van der Waals surface area contributed by atoms with E-state index in [0.29, 0.717) is 11.9 Å². The number of aromatic nitrogens is 4. The highest BCUT2D eigenvalue weighted by molar-refractivity contribution is 5.79. The number of nitrogens with zero attached hydrogens (tertiary/aromatic N) is 4. The number of fused-ring (bicyclic) bond motifs is 2. The van der Waals surface area contributed by atoms with Crippen molar-refractivity contribution in [3.8, 4) is 0 Å². The summed E-state index contributed by atoms with van der Waals surface area (Å²) in [5.41, 5.74) is 7.37. The Morgan fingerprint density at radius 3 is 2.84 bits per heavy atom. The van der Waals surface area contributed by atoms with E-state index < -0.39 is 0 Å². The van der Waals surface area contributed by atoms with Gasteiger partial charge in [0.1, 0.15) is 5.82 Å². The van der Waals surface area contributed by atoms with E-state index in [4.69, 9.17) is 5.73 Å². The smallest absolute Gasteiger partial charge is 0.229 e. The highest BCUT2D eigenvalue weighted by Gasteiger charge is 2.47. The molecule has 0 spiro atoms. The summed E-state index contributed by atoms with van der Waals surface area (Å²) in [5.74, 6) is 1.30. The van der Waals surface area contributed by atoms with Crippen LogP contribution in [0.5, 0.6) is 0 Å². The third-order valence-corrected chi connectivity index (χ3v) is 5.02. The van der Waals surface area contributed by atoms with Crippen LogP contribution in [-0.2, 0) is 11.8 Å². The van der Waals surface area contributed by atoms with E-state index in [2.05, 4.69) is 37.9 Å². The van der Waals surface area contributed by atoms with Crippen LogP contribution in [0.25, 0.3) is 0 Å². The average molecular weight is 339 g/mol. The Morgan fingerprint density at radius 2 is 2.12 bits per heavy atom. The van der Waals surface area contributed by atoms with Gasteiger partial charge in [0.25, 0.3) is 0 Å². The fourth-order valence-corrected chi connectivity index (χ4v) is 3.83. The Hall–Kier alpha value is -2.90. The Balaban J connectivity index is 1.57. The van der Waals surface area contributed by atoms with Crippen molar-refractivity contribution in [2.45, 2.75) is 19.4 Å². The van der Waals surface area contributed by atoms with Crippen LogP contribution in [0.2, 0.25) is 0 Å². The molecule has 8 nitrogen and oxygen atoms in total. The molecule has 0 radical (unpaired) electrons. The normalized spacial score (nSPS) is 26.8. The number of anilines is 3. The lowest BCUT2D eigenvalue weighted by Gasteiger charge is -2.27. The summed E-state index contributed by atoms with van der Waals surface area (Å²) in [6.07, 6.45) is 10.6. The molecule has 8 heteroatoms. The van der Waals surface area contributed by atoms with Crippen LogP contribution in [0.4, 0.5) is 17.5 Å². The van der Waals surface area contributed by atoms with E-state index >= 15 is 0 Å². The van der Waals surface area contributed by atoms with Crippen molar-refractivity contribution in [2.75, 3.05) is 10.6 Å². The summed E-state index contributed by atoms with van der Waals surface area (Å²) in [7, 11) is 1.85. The van der Waals surface area contributed by atoms with E-state index in [1.165, 1.54) is 0 Å². The second kappa shape index (κ2) is 5.87. The number of hydrogen-bond acceptors (Lipinski definition) is 6. The topological polar surface area (TPSA) is 111 Å². The summed E-state index contributed by atoms with van der Waals surface area (Å²) in [5, 5.41) is 10.7. The molecule has 4 atom stereocenters. The van der Waals surface area contributed by atoms with E-state index in [1.807, 2.05) is 20.2 Å². The zero-order valence-electron chi connectivity index (χ0n) is 14.2. The molecule has 1 fully saturated rings. The first kappa shape index (κ1) is 15.6. The largest absolute Gasteiger partial charge is 0.369 e. The van der Waals surface area contributed by atoms with E-state index in [9.17, 15) is 4.79 Å². The molecule has 2 aromatic rings. The highest BCUT2D eigenvalue weighted by atomic mass is 16.1. The number of carbonyl (C=O) groups is 1. The number of nitrogens with two attached hydrogens (primary N) is 1. The highest BCUT2D eigenvalue weighted by Crippen LogP contribution is 2.44. The number of primary amides is 1. The Kier molecular flexibility index (Phi) is 3.67. The fraction of sp³-hybridized carbons (Fsp3) is 0.412. The Labute approximate surface area is 145 Å². The fourth-order valence-electron chi connectivity index (χ4n) is 3.83. The quantitative estimate of drug-likeness (QED) is 0.709. The van der Waals surface area contributed by atoms with Gasteiger partial charge in [0.2, 0.25) is 11.9 Å². The van der Waals surface area contributed by atoms with Crippen LogP contribution < -0.4 is 16.4 Å². The van der Waals surface area contributed by atoms with Crippen molar-refractivity contribution >= 4 is 23.4 Å². The number of aryl methyl sites for hydroxylation is 2. The molecule has 0 aromatic carbocycles. The van der Waals surface area contributed by atoms with E-state index in [-0.39, 0.29) is 23.8 Å². The van der Waals surface area contributed by atoms with Gasteiger partial charge in [-0.15, -0.1) is 0 Å². The minimum absolute atomic E-state index is 0.0210. The number of allylic oxidation sites excluding steroid dienone is 1. The first-order chi connectivity index (χ1) is 12.0. The predicted octanol–water partition coefficient (Wildman–Crippen LogP) is 1.35.